The Kier molecular flexibility index (Phi) is 5.44. The third-order valence-corrected chi connectivity index (χ3v) is 3.15. The van der Waals surface area contributed by atoms with Gasteiger partial charge in [0.05, 0.1) is 12.5 Å². The summed E-state index contributed by atoms with van der Waals surface area (Å²) in [6.45, 7) is -0.0363. The van der Waals surface area contributed by atoms with Gasteiger partial charge in [-0.1, -0.05) is 6.42 Å². The number of amides is 2. The maximum absolute atomic E-state index is 12.6. The fraction of sp³-hybridized carbons (Fsp3) is 0.818. The van der Waals surface area contributed by atoms with Gasteiger partial charge < -0.3 is 15.8 Å². The maximum atomic E-state index is 12.6. The summed E-state index contributed by atoms with van der Waals surface area (Å²) in [4.78, 5) is 21.9. The van der Waals surface area contributed by atoms with E-state index in [0.29, 0.717) is 12.8 Å². The van der Waals surface area contributed by atoms with Crippen molar-refractivity contribution in [3.63, 3.8) is 0 Å². The summed E-state index contributed by atoms with van der Waals surface area (Å²) in [6.07, 6.45) is -4.45. The predicted octanol–water partition coefficient (Wildman–Crippen LogP) is 1.57. The number of hydrogen-bond acceptors (Lipinski definition) is 3. The van der Waals surface area contributed by atoms with Gasteiger partial charge >= 0.3 is 12.3 Å². The van der Waals surface area contributed by atoms with Crippen molar-refractivity contribution in [2.24, 2.45) is 17.6 Å². The normalized spacial score (nSPS) is 23.7. The summed E-state index contributed by atoms with van der Waals surface area (Å²) < 4.78 is 42.1. The standard InChI is InChI=1S/C11H17F3N2O3/c12-11(13,14)8-3-1-2-7(6-8)9(17)16-4-5-19-10(15)18/h7-8H,1-6H2,(H2,15,18)(H,16,17). The Balaban J connectivity index is 2.34. The molecule has 1 aliphatic carbocycles. The zero-order valence-corrected chi connectivity index (χ0v) is 10.3. The number of hydrogen-bond donors (Lipinski definition) is 2. The molecule has 0 aromatic heterocycles. The molecule has 2 atom stereocenters. The van der Waals surface area contributed by atoms with Crippen molar-refractivity contribution < 1.29 is 27.5 Å². The summed E-state index contributed by atoms with van der Waals surface area (Å²) in [5.41, 5.74) is 4.72. The van der Waals surface area contributed by atoms with Gasteiger partial charge in [-0.3, -0.25) is 4.79 Å². The number of carbonyl (C=O) groups is 2. The van der Waals surface area contributed by atoms with Gasteiger partial charge in [0.2, 0.25) is 5.91 Å². The lowest BCUT2D eigenvalue weighted by atomic mass is 9.80. The van der Waals surface area contributed by atoms with E-state index in [1.807, 2.05) is 0 Å². The Morgan fingerprint density at radius 1 is 1.32 bits per heavy atom. The summed E-state index contributed by atoms with van der Waals surface area (Å²) >= 11 is 0. The number of nitrogens with two attached hydrogens (primary N) is 1. The Morgan fingerprint density at radius 3 is 2.58 bits per heavy atom. The van der Waals surface area contributed by atoms with Crippen LogP contribution in [-0.4, -0.2) is 31.3 Å². The lowest BCUT2D eigenvalue weighted by molar-refractivity contribution is -0.186. The molecule has 0 heterocycles. The lowest BCUT2D eigenvalue weighted by Gasteiger charge is -2.29. The molecular weight excluding hydrogens is 265 g/mol. The van der Waals surface area contributed by atoms with Crippen molar-refractivity contribution in [3.05, 3.63) is 0 Å². The van der Waals surface area contributed by atoms with Gasteiger partial charge in [0.1, 0.15) is 6.61 Å². The molecule has 1 saturated carbocycles. The summed E-state index contributed by atoms with van der Waals surface area (Å²) in [7, 11) is 0. The highest BCUT2D eigenvalue weighted by molar-refractivity contribution is 5.78. The number of alkyl halides is 3. The van der Waals surface area contributed by atoms with Gasteiger partial charge in [-0.25, -0.2) is 4.79 Å². The number of rotatable bonds is 4. The van der Waals surface area contributed by atoms with E-state index < -0.39 is 30.0 Å². The van der Waals surface area contributed by atoms with Gasteiger partial charge in [0.15, 0.2) is 0 Å². The molecule has 0 spiro atoms. The van der Waals surface area contributed by atoms with Crippen LogP contribution in [0.3, 0.4) is 0 Å². The lowest BCUT2D eigenvalue weighted by Crippen LogP contribution is -2.38. The molecule has 0 aromatic carbocycles. The van der Waals surface area contributed by atoms with Gasteiger partial charge in [0.25, 0.3) is 0 Å². The van der Waals surface area contributed by atoms with E-state index in [1.54, 1.807) is 0 Å². The second kappa shape index (κ2) is 6.63. The van der Waals surface area contributed by atoms with E-state index in [0.717, 1.165) is 0 Å². The highest BCUT2D eigenvalue weighted by Crippen LogP contribution is 2.39. The van der Waals surface area contributed by atoms with E-state index in [-0.39, 0.29) is 26.0 Å². The molecule has 3 N–H and O–H groups in total. The number of primary amides is 1. The van der Waals surface area contributed by atoms with Crippen molar-refractivity contribution >= 4 is 12.0 Å². The quantitative estimate of drug-likeness (QED) is 0.768. The monoisotopic (exact) mass is 282 g/mol. The molecular formula is C11H17F3N2O3. The molecule has 8 heteroatoms. The first-order chi connectivity index (χ1) is 8.80. The van der Waals surface area contributed by atoms with Crippen LogP contribution in [0.25, 0.3) is 0 Å². The second-order valence-electron chi connectivity index (χ2n) is 4.56. The molecule has 0 radical (unpaired) electrons. The minimum Gasteiger partial charge on any atom is -0.448 e. The third-order valence-electron chi connectivity index (χ3n) is 3.15. The molecule has 1 fully saturated rings. The van der Waals surface area contributed by atoms with Crippen LogP contribution in [0.1, 0.15) is 25.7 Å². The molecule has 2 amide bonds. The van der Waals surface area contributed by atoms with Crippen molar-refractivity contribution in [3.8, 4) is 0 Å². The molecule has 110 valence electrons. The van der Waals surface area contributed by atoms with E-state index >= 15 is 0 Å². The van der Waals surface area contributed by atoms with Crippen LogP contribution in [0, 0.1) is 11.8 Å². The maximum Gasteiger partial charge on any atom is 0.404 e. The van der Waals surface area contributed by atoms with Crippen LogP contribution in [-0.2, 0) is 9.53 Å². The minimum atomic E-state index is -4.24. The number of ether oxygens (including phenoxy) is 1. The van der Waals surface area contributed by atoms with Crippen molar-refractivity contribution in [1.82, 2.24) is 5.32 Å². The van der Waals surface area contributed by atoms with Crippen LogP contribution >= 0.6 is 0 Å². The van der Waals surface area contributed by atoms with Crippen LogP contribution in [0.4, 0.5) is 18.0 Å². The smallest absolute Gasteiger partial charge is 0.404 e. The first kappa shape index (κ1) is 15.6. The fourth-order valence-corrected chi connectivity index (χ4v) is 2.20. The average Bonchev–Trinajstić information content (AvgIpc) is 2.33. The van der Waals surface area contributed by atoms with Crippen molar-refractivity contribution in [2.45, 2.75) is 31.9 Å². The van der Waals surface area contributed by atoms with Gasteiger partial charge in [0, 0.05) is 5.92 Å². The molecule has 0 aromatic rings. The zero-order chi connectivity index (χ0) is 14.5. The topological polar surface area (TPSA) is 81.4 Å². The SMILES string of the molecule is NC(=O)OCCNC(=O)C1CCCC(C(F)(F)F)C1. The van der Waals surface area contributed by atoms with E-state index in [9.17, 15) is 22.8 Å². The predicted molar refractivity (Wildman–Crippen MR) is 60.0 cm³/mol. The molecule has 5 nitrogen and oxygen atoms in total. The minimum absolute atomic E-state index is 0.0506. The number of carbonyl (C=O) groups excluding carboxylic acids is 2. The summed E-state index contributed by atoms with van der Waals surface area (Å²) in [5.74, 6) is -2.46. The van der Waals surface area contributed by atoms with Crippen LogP contribution in [0.5, 0.6) is 0 Å². The Labute approximate surface area is 108 Å². The first-order valence-corrected chi connectivity index (χ1v) is 6.07. The van der Waals surface area contributed by atoms with E-state index in [2.05, 4.69) is 10.1 Å². The van der Waals surface area contributed by atoms with Crippen molar-refractivity contribution in [1.29, 1.82) is 0 Å². The molecule has 1 rings (SSSR count). The van der Waals surface area contributed by atoms with E-state index in [4.69, 9.17) is 5.73 Å². The Bertz CT molecular complexity index is 334. The highest BCUT2D eigenvalue weighted by atomic mass is 19.4. The Hall–Kier alpha value is -1.47. The van der Waals surface area contributed by atoms with Gasteiger partial charge in [-0.15, -0.1) is 0 Å². The van der Waals surface area contributed by atoms with Gasteiger partial charge in [-0.2, -0.15) is 13.2 Å². The molecule has 1 aliphatic rings. The highest BCUT2D eigenvalue weighted by Gasteiger charge is 2.43. The first-order valence-electron chi connectivity index (χ1n) is 6.07. The van der Waals surface area contributed by atoms with Gasteiger partial charge in [-0.05, 0) is 19.3 Å². The van der Waals surface area contributed by atoms with Crippen LogP contribution in [0.15, 0.2) is 0 Å². The fourth-order valence-electron chi connectivity index (χ4n) is 2.20. The summed E-state index contributed by atoms with van der Waals surface area (Å²) in [6, 6.07) is 0. The molecule has 2 unspecified atom stereocenters. The van der Waals surface area contributed by atoms with Crippen LogP contribution in [0.2, 0.25) is 0 Å². The number of halogens is 3. The average molecular weight is 282 g/mol. The largest absolute Gasteiger partial charge is 0.448 e. The number of nitrogens with one attached hydrogen (secondary N) is 1. The molecule has 19 heavy (non-hydrogen) atoms. The van der Waals surface area contributed by atoms with E-state index in [1.165, 1.54) is 0 Å². The molecule has 0 saturated heterocycles. The molecule has 0 aliphatic heterocycles. The van der Waals surface area contributed by atoms with Crippen molar-refractivity contribution in [2.75, 3.05) is 13.2 Å². The Morgan fingerprint density at radius 2 is 2.00 bits per heavy atom. The molecule has 0 bridgehead atoms. The zero-order valence-electron chi connectivity index (χ0n) is 10.3. The summed E-state index contributed by atoms with van der Waals surface area (Å²) in [5, 5.41) is 2.44. The second-order valence-corrected chi connectivity index (χ2v) is 4.56. The third kappa shape index (κ3) is 5.35. The van der Waals surface area contributed by atoms with Crippen LogP contribution < -0.4 is 11.1 Å².